The second-order valence-corrected chi connectivity index (χ2v) is 11.3. The molecule has 0 N–H and O–H groups in total. The molecular formula is C21H28N2O7S2. The number of piperazine rings is 1. The summed E-state index contributed by atoms with van der Waals surface area (Å²) in [7, 11) is -3.36. The van der Waals surface area contributed by atoms with Crippen molar-refractivity contribution in [1.29, 1.82) is 0 Å². The van der Waals surface area contributed by atoms with E-state index in [2.05, 4.69) is 0 Å². The van der Waals surface area contributed by atoms with Gasteiger partial charge in [0.15, 0.2) is 11.5 Å². The third-order valence-corrected chi connectivity index (χ3v) is 9.37. The fraction of sp³-hybridized carbons (Fsp3) is 0.429. The Morgan fingerprint density at radius 1 is 0.750 bits per heavy atom. The summed E-state index contributed by atoms with van der Waals surface area (Å²) in [5.74, 6) is 1.15. The SMILES string of the molecule is COc1cccc(S(=O)(=O)N2C[C@@H](C)N(S(=O)(=O)c3ccc(OC)c(OC)c3)[C@@H](C)C2)c1. The summed E-state index contributed by atoms with van der Waals surface area (Å²) >= 11 is 0. The van der Waals surface area contributed by atoms with Crippen LogP contribution in [0.25, 0.3) is 0 Å². The van der Waals surface area contributed by atoms with E-state index in [1.807, 2.05) is 0 Å². The van der Waals surface area contributed by atoms with Crippen molar-refractivity contribution in [3.05, 3.63) is 42.5 Å². The van der Waals surface area contributed by atoms with E-state index >= 15 is 0 Å². The molecule has 1 fully saturated rings. The van der Waals surface area contributed by atoms with Crippen LogP contribution in [0.1, 0.15) is 13.8 Å². The number of hydrogen-bond donors (Lipinski definition) is 0. The average Bonchev–Trinajstić information content (AvgIpc) is 2.77. The van der Waals surface area contributed by atoms with Crippen LogP contribution in [0.15, 0.2) is 52.3 Å². The van der Waals surface area contributed by atoms with Crippen LogP contribution in [-0.2, 0) is 20.0 Å². The third kappa shape index (κ3) is 4.42. The van der Waals surface area contributed by atoms with E-state index in [0.717, 1.165) is 0 Å². The number of sulfonamides is 2. The van der Waals surface area contributed by atoms with E-state index in [1.54, 1.807) is 26.0 Å². The van der Waals surface area contributed by atoms with Gasteiger partial charge in [-0.15, -0.1) is 0 Å². The molecule has 0 bridgehead atoms. The quantitative estimate of drug-likeness (QED) is 0.594. The van der Waals surface area contributed by atoms with Gasteiger partial charge in [-0.25, -0.2) is 16.8 Å². The van der Waals surface area contributed by atoms with Crippen molar-refractivity contribution in [2.45, 2.75) is 35.7 Å². The lowest BCUT2D eigenvalue weighted by Crippen LogP contribution is -2.59. The first-order valence-electron chi connectivity index (χ1n) is 9.96. The van der Waals surface area contributed by atoms with Gasteiger partial charge in [0.2, 0.25) is 20.0 Å². The average molecular weight is 485 g/mol. The monoisotopic (exact) mass is 484 g/mol. The lowest BCUT2D eigenvalue weighted by molar-refractivity contribution is 0.159. The summed E-state index contributed by atoms with van der Waals surface area (Å²) < 4.78 is 71.5. The number of rotatable bonds is 7. The van der Waals surface area contributed by atoms with Gasteiger partial charge < -0.3 is 14.2 Å². The van der Waals surface area contributed by atoms with Crippen LogP contribution in [0.4, 0.5) is 0 Å². The summed E-state index contributed by atoms with van der Waals surface area (Å²) in [5, 5.41) is 0. The Balaban J connectivity index is 1.90. The van der Waals surface area contributed by atoms with E-state index in [4.69, 9.17) is 14.2 Å². The van der Waals surface area contributed by atoms with E-state index in [9.17, 15) is 16.8 Å². The number of methoxy groups -OCH3 is 3. The molecule has 0 spiro atoms. The molecule has 9 nitrogen and oxygen atoms in total. The van der Waals surface area contributed by atoms with Gasteiger partial charge in [0.25, 0.3) is 0 Å². The Labute approximate surface area is 189 Å². The fourth-order valence-electron chi connectivity index (χ4n) is 3.94. The van der Waals surface area contributed by atoms with Gasteiger partial charge in [-0.2, -0.15) is 8.61 Å². The summed E-state index contributed by atoms with van der Waals surface area (Å²) in [4.78, 5) is 0.158. The van der Waals surface area contributed by atoms with E-state index in [-0.39, 0.29) is 22.9 Å². The van der Waals surface area contributed by atoms with E-state index in [0.29, 0.717) is 17.2 Å². The second-order valence-electron chi connectivity index (χ2n) is 7.55. The zero-order valence-electron chi connectivity index (χ0n) is 18.7. The molecule has 0 saturated carbocycles. The molecule has 2 aromatic rings. The molecule has 1 aliphatic rings. The third-order valence-electron chi connectivity index (χ3n) is 5.41. The first-order chi connectivity index (χ1) is 15.1. The zero-order valence-corrected chi connectivity index (χ0v) is 20.3. The molecule has 32 heavy (non-hydrogen) atoms. The van der Waals surface area contributed by atoms with Crippen molar-refractivity contribution in [3.8, 4) is 17.2 Å². The van der Waals surface area contributed by atoms with Crippen LogP contribution in [-0.4, -0.2) is 71.9 Å². The van der Waals surface area contributed by atoms with Crippen LogP contribution in [0.5, 0.6) is 17.2 Å². The van der Waals surface area contributed by atoms with Gasteiger partial charge in [-0.3, -0.25) is 0 Å². The highest BCUT2D eigenvalue weighted by Crippen LogP contribution is 2.33. The number of benzene rings is 2. The van der Waals surface area contributed by atoms with Gasteiger partial charge in [0, 0.05) is 37.3 Å². The maximum atomic E-state index is 13.4. The minimum Gasteiger partial charge on any atom is -0.497 e. The Hall–Kier alpha value is -2.34. The Kier molecular flexibility index (Phi) is 7.03. The van der Waals surface area contributed by atoms with E-state index in [1.165, 1.54) is 60.3 Å². The Morgan fingerprint density at radius 3 is 1.91 bits per heavy atom. The lowest BCUT2D eigenvalue weighted by atomic mass is 10.2. The molecule has 1 saturated heterocycles. The number of nitrogens with zero attached hydrogens (tertiary/aromatic N) is 2. The summed E-state index contributed by atoms with van der Waals surface area (Å²) in [5.41, 5.74) is 0. The van der Waals surface area contributed by atoms with Gasteiger partial charge in [0.05, 0.1) is 31.1 Å². The lowest BCUT2D eigenvalue weighted by Gasteiger charge is -2.42. The van der Waals surface area contributed by atoms with Crippen LogP contribution in [0, 0.1) is 0 Å². The minimum atomic E-state index is -3.91. The Morgan fingerprint density at radius 2 is 1.34 bits per heavy atom. The van der Waals surface area contributed by atoms with Crippen molar-refractivity contribution >= 4 is 20.0 Å². The standard InChI is InChI=1S/C21H28N2O7S2/c1-15-13-22(31(24,25)18-8-6-7-17(11-18)28-3)14-16(2)23(15)32(26,27)19-9-10-20(29-4)21(12-19)30-5/h6-12,15-16H,13-14H2,1-5H3/t15-,16+. The van der Waals surface area contributed by atoms with Crippen molar-refractivity contribution in [3.63, 3.8) is 0 Å². The highest BCUT2D eigenvalue weighted by Gasteiger charge is 2.42. The van der Waals surface area contributed by atoms with Crippen molar-refractivity contribution < 1.29 is 31.0 Å². The molecule has 0 unspecified atom stereocenters. The molecule has 2 aromatic carbocycles. The van der Waals surface area contributed by atoms with Gasteiger partial charge in [-0.05, 0) is 38.1 Å². The summed E-state index contributed by atoms with van der Waals surface area (Å²) in [6.45, 7) is 3.44. The highest BCUT2D eigenvalue weighted by molar-refractivity contribution is 7.89. The summed E-state index contributed by atoms with van der Waals surface area (Å²) in [6, 6.07) is 9.45. The topological polar surface area (TPSA) is 102 Å². The predicted octanol–water partition coefficient (Wildman–Crippen LogP) is 2.18. The van der Waals surface area contributed by atoms with Crippen molar-refractivity contribution in [2.75, 3.05) is 34.4 Å². The Bertz CT molecular complexity index is 1170. The van der Waals surface area contributed by atoms with Crippen LogP contribution in [0.3, 0.4) is 0 Å². The molecule has 1 heterocycles. The largest absolute Gasteiger partial charge is 0.497 e. The van der Waals surface area contributed by atoms with Crippen LogP contribution >= 0.6 is 0 Å². The first kappa shape index (κ1) is 24.3. The van der Waals surface area contributed by atoms with Crippen LogP contribution in [0.2, 0.25) is 0 Å². The highest BCUT2D eigenvalue weighted by atomic mass is 32.2. The zero-order chi connectivity index (χ0) is 23.7. The molecular weight excluding hydrogens is 456 g/mol. The normalized spacial score (nSPS) is 20.7. The van der Waals surface area contributed by atoms with Gasteiger partial charge in [0.1, 0.15) is 5.75 Å². The van der Waals surface area contributed by atoms with Crippen LogP contribution < -0.4 is 14.2 Å². The molecule has 0 radical (unpaired) electrons. The predicted molar refractivity (Wildman–Crippen MR) is 119 cm³/mol. The van der Waals surface area contributed by atoms with Gasteiger partial charge in [-0.1, -0.05) is 6.07 Å². The van der Waals surface area contributed by atoms with Crippen molar-refractivity contribution in [2.24, 2.45) is 0 Å². The number of ether oxygens (including phenoxy) is 3. The molecule has 0 aliphatic carbocycles. The summed E-state index contributed by atoms with van der Waals surface area (Å²) in [6.07, 6.45) is 0. The molecule has 0 amide bonds. The first-order valence-corrected chi connectivity index (χ1v) is 12.8. The molecule has 0 aromatic heterocycles. The molecule has 176 valence electrons. The molecule has 2 atom stereocenters. The van der Waals surface area contributed by atoms with E-state index < -0.39 is 32.1 Å². The number of hydrogen-bond acceptors (Lipinski definition) is 7. The molecule has 1 aliphatic heterocycles. The minimum absolute atomic E-state index is 0.0242. The maximum Gasteiger partial charge on any atom is 0.243 e. The maximum absolute atomic E-state index is 13.4. The fourth-order valence-corrected chi connectivity index (χ4v) is 7.40. The smallest absolute Gasteiger partial charge is 0.243 e. The van der Waals surface area contributed by atoms with Gasteiger partial charge >= 0.3 is 0 Å². The second kappa shape index (κ2) is 9.26. The molecule has 11 heteroatoms. The van der Waals surface area contributed by atoms with Crippen molar-refractivity contribution in [1.82, 2.24) is 8.61 Å². The molecule has 3 rings (SSSR count).